The van der Waals surface area contributed by atoms with E-state index in [9.17, 15) is 4.79 Å². The number of amides is 1. The number of benzene rings is 1. The molecule has 1 aliphatic rings. The van der Waals surface area contributed by atoms with E-state index < -0.39 is 0 Å². The van der Waals surface area contributed by atoms with Gasteiger partial charge >= 0.3 is 0 Å². The molecule has 6 heteroatoms. The molecule has 1 amide bonds. The van der Waals surface area contributed by atoms with Crippen molar-refractivity contribution in [3.63, 3.8) is 0 Å². The lowest BCUT2D eigenvalue weighted by Gasteiger charge is -2.30. The Labute approximate surface area is 121 Å². The predicted molar refractivity (Wildman–Crippen MR) is 78.0 cm³/mol. The molecule has 106 valence electrons. The summed E-state index contributed by atoms with van der Waals surface area (Å²) in [7, 11) is 0. The number of fused-ring (bicyclic) bond motifs is 1. The fraction of sp³-hybridized carbons (Fsp3) is 0.429. The number of halogens is 1. The number of anilines is 1. The van der Waals surface area contributed by atoms with Crippen LogP contribution in [0.25, 0.3) is 11.1 Å². The first-order chi connectivity index (χ1) is 9.76. The van der Waals surface area contributed by atoms with Crippen LogP contribution in [0.2, 0.25) is 5.02 Å². The van der Waals surface area contributed by atoms with Crippen molar-refractivity contribution in [1.82, 2.24) is 10.3 Å². The van der Waals surface area contributed by atoms with E-state index in [0.717, 1.165) is 50.0 Å². The highest BCUT2D eigenvalue weighted by atomic mass is 35.5. The van der Waals surface area contributed by atoms with Gasteiger partial charge in [-0.05, 0) is 37.0 Å². The van der Waals surface area contributed by atoms with E-state index >= 15 is 0 Å². The standard InChI is InChI=1S/C14H16ClN3O2/c15-11-1-2-13-12(7-11)17-14(20-13)18-5-3-10(4-6-18)8-16-9-19/h1-2,7,9-10H,3-6,8H2,(H,16,19). The Kier molecular flexibility index (Phi) is 3.78. The van der Waals surface area contributed by atoms with Crippen molar-refractivity contribution < 1.29 is 9.21 Å². The average molecular weight is 294 g/mol. The molecule has 0 bridgehead atoms. The van der Waals surface area contributed by atoms with Crippen molar-refractivity contribution in [3.8, 4) is 0 Å². The number of carbonyl (C=O) groups is 1. The SMILES string of the molecule is O=CNCC1CCN(c2nc3cc(Cl)ccc3o2)CC1. The summed E-state index contributed by atoms with van der Waals surface area (Å²) < 4.78 is 5.76. The predicted octanol–water partition coefficient (Wildman–Crippen LogP) is 2.44. The smallest absolute Gasteiger partial charge is 0.298 e. The van der Waals surface area contributed by atoms with Crippen LogP contribution in [0, 0.1) is 5.92 Å². The normalized spacial score (nSPS) is 16.6. The molecule has 0 atom stereocenters. The topological polar surface area (TPSA) is 58.4 Å². The summed E-state index contributed by atoms with van der Waals surface area (Å²) in [6.45, 7) is 2.54. The van der Waals surface area contributed by atoms with Gasteiger partial charge in [0.25, 0.3) is 6.01 Å². The molecule has 2 aromatic rings. The van der Waals surface area contributed by atoms with Crippen LogP contribution in [-0.2, 0) is 4.79 Å². The first-order valence-electron chi connectivity index (χ1n) is 6.74. The van der Waals surface area contributed by atoms with Crippen LogP contribution in [0.1, 0.15) is 12.8 Å². The van der Waals surface area contributed by atoms with Crippen molar-refractivity contribution in [2.45, 2.75) is 12.8 Å². The van der Waals surface area contributed by atoms with Crippen LogP contribution < -0.4 is 10.2 Å². The molecule has 0 spiro atoms. The van der Waals surface area contributed by atoms with E-state index in [1.807, 2.05) is 12.1 Å². The molecular weight excluding hydrogens is 278 g/mol. The molecule has 0 saturated carbocycles. The Morgan fingerprint density at radius 1 is 1.45 bits per heavy atom. The molecule has 0 radical (unpaired) electrons. The molecule has 20 heavy (non-hydrogen) atoms. The lowest BCUT2D eigenvalue weighted by molar-refractivity contribution is -0.109. The molecule has 3 rings (SSSR count). The largest absolute Gasteiger partial charge is 0.423 e. The molecular formula is C14H16ClN3O2. The van der Waals surface area contributed by atoms with Crippen LogP contribution in [0.4, 0.5) is 6.01 Å². The van der Waals surface area contributed by atoms with E-state index in [4.69, 9.17) is 16.0 Å². The zero-order valence-electron chi connectivity index (χ0n) is 11.0. The highest BCUT2D eigenvalue weighted by Crippen LogP contribution is 2.27. The summed E-state index contributed by atoms with van der Waals surface area (Å²) in [6.07, 6.45) is 2.82. The maximum atomic E-state index is 10.3. The number of oxazole rings is 1. The number of carbonyl (C=O) groups excluding carboxylic acids is 1. The van der Waals surface area contributed by atoms with Crippen LogP contribution >= 0.6 is 11.6 Å². The first kappa shape index (κ1) is 13.2. The molecule has 0 aliphatic carbocycles. The van der Waals surface area contributed by atoms with Crippen LogP contribution in [-0.4, -0.2) is 31.0 Å². The van der Waals surface area contributed by atoms with Gasteiger partial charge in [0.1, 0.15) is 5.52 Å². The number of hydrogen-bond acceptors (Lipinski definition) is 4. The highest BCUT2D eigenvalue weighted by molar-refractivity contribution is 6.31. The van der Waals surface area contributed by atoms with E-state index in [1.54, 1.807) is 6.07 Å². The zero-order chi connectivity index (χ0) is 13.9. The number of hydrogen-bond donors (Lipinski definition) is 1. The quantitative estimate of drug-likeness (QED) is 0.880. The van der Waals surface area contributed by atoms with Gasteiger partial charge in [-0.2, -0.15) is 4.98 Å². The molecule has 1 N–H and O–H groups in total. The highest BCUT2D eigenvalue weighted by Gasteiger charge is 2.22. The lowest BCUT2D eigenvalue weighted by Crippen LogP contribution is -2.37. The lowest BCUT2D eigenvalue weighted by atomic mass is 9.97. The number of piperidine rings is 1. The van der Waals surface area contributed by atoms with Gasteiger partial charge in [-0.3, -0.25) is 4.79 Å². The third-order valence-electron chi connectivity index (χ3n) is 3.71. The van der Waals surface area contributed by atoms with Crippen molar-refractivity contribution in [2.75, 3.05) is 24.5 Å². The molecule has 1 saturated heterocycles. The fourth-order valence-electron chi connectivity index (χ4n) is 2.57. The molecule has 1 aromatic carbocycles. The molecule has 1 aromatic heterocycles. The molecule has 1 fully saturated rings. The Balaban J connectivity index is 1.68. The molecule has 1 aliphatic heterocycles. The number of rotatable bonds is 4. The zero-order valence-corrected chi connectivity index (χ0v) is 11.8. The third kappa shape index (κ3) is 2.72. The Morgan fingerprint density at radius 2 is 2.25 bits per heavy atom. The second kappa shape index (κ2) is 5.71. The van der Waals surface area contributed by atoms with Crippen molar-refractivity contribution in [3.05, 3.63) is 23.2 Å². The van der Waals surface area contributed by atoms with Crippen molar-refractivity contribution >= 4 is 35.1 Å². The first-order valence-corrected chi connectivity index (χ1v) is 7.12. The van der Waals surface area contributed by atoms with Crippen molar-refractivity contribution in [1.29, 1.82) is 0 Å². The maximum absolute atomic E-state index is 10.3. The van der Waals surface area contributed by atoms with Crippen LogP contribution in [0.5, 0.6) is 0 Å². The van der Waals surface area contributed by atoms with Gasteiger partial charge in [0.15, 0.2) is 5.58 Å². The Bertz CT molecular complexity index is 605. The second-order valence-electron chi connectivity index (χ2n) is 5.07. The fourth-order valence-corrected chi connectivity index (χ4v) is 2.73. The van der Waals surface area contributed by atoms with Crippen LogP contribution in [0.3, 0.4) is 0 Å². The van der Waals surface area contributed by atoms with Gasteiger partial charge in [0, 0.05) is 24.7 Å². The van der Waals surface area contributed by atoms with Crippen LogP contribution in [0.15, 0.2) is 22.6 Å². The molecule has 2 heterocycles. The average Bonchev–Trinajstić information content (AvgIpc) is 2.88. The summed E-state index contributed by atoms with van der Waals surface area (Å²) in [5.41, 5.74) is 1.55. The number of nitrogens with zero attached hydrogens (tertiary/aromatic N) is 2. The molecule has 5 nitrogen and oxygen atoms in total. The maximum Gasteiger partial charge on any atom is 0.298 e. The number of aromatic nitrogens is 1. The number of nitrogens with one attached hydrogen (secondary N) is 1. The summed E-state index contributed by atoms with van der Waals surface area (Å²) in [5.74, 6) is 0.537. The minimum absolute atomic E-state index is 0.537. The summed E-state index contributed by atoms with van der Waals surface area (Å²) in [5, 5.41) is 3.41. The van der Waals surface area contributed by atoms with Gasteiger partial charge in [-0.15, -0.1) is 0 Å². The van der Waals surface area contributed by atoms with E-state index in [2.05, 4.69) is 15.2 Å². The van der Waals surface area contributed by atoms with Gasteiger partial charge in [0.2, 0.25) is 6.41 Å². The van der Waals surface area contributed by atoms with Gasteiger partial charge in [0.05, 0.1) is 0 Å². The van der Waals surface area contributed by atoms with Crippen molar-refractivity contribution in [2.24, 2.45) is 5.92 Å². The minimum Gasteiger partial charge on any atom is -0.423 e. The Hall–Kier alpha value is -1.75. The van der Waals surface area contributed by atoms with E-state index in [-0.39, 0.29) is 0 Å². The molecule has 0 unspecified atom stereocenters. The summed E-state index contributed by atoms with van der Waals surface area (Å²) >= 11 is 5.95. The van der Waals surface area contributed by atoms with E-state index in [1.165, 1.54) is 0 Å². The van der Waals surface area contributed by atoms with Gasteiger partial charge in [-0.1, -0.05) is 11.6 Å². The van der Waals surface area contributed by atoms with Gasteiger partial charge in [-0.25, -0.2) is 0 Å². The third-order valence-corrected chi connectivity index (χ3v) is 3.95. The minimum atomic E-state index is 0.537. The van der Waals surface area contributed by atoms with E-state index in [0.29, 0.717) is 17.0 Å². The second-order valence-corrected chi connectivity index (χ2v) is 5.50. The Morgan fingerprint density at radius 3 is 3.00 bits per heavy atom. The summed E-state index contributed by atoms with van der Waals surface area (Å²) in [6, 6.07) is 6.11. The summed E-state index contributed by atoms with van der Waals surface area (Å²) in [4.78, 5) is 16.9. The van der Waals surface area contributed by atoms with Gasteiger partial charge < -0.3 is 14.6 Å². The monoisotopic (exact) mass is 293 g/mol.